The molecule has 6 heteroatoms. The number of nitrogen functional groups attached to an aromatic ring is 1. The van der Waals surface area contributed by atoms with Crippen molar-refractivity contribution in [3.8, 4) is 0 Å². The van der Waals surface area contributed by atoms with E-state index >= 15 is 0 Å². The van der Waals surface area contributed by atoms with Gasteiger partial charge in [-0.2, -0.15) is 5.10 Å². The van der Waals surface area contributed by atoms with Crippen molar-refractivity contribution in [1.29, 1.82) is 0 Å². The molecular formula is C12H14ClN3OS. The summed E-state index contributed by atoms with van der Waals surface area (Å²) in [4.78, 5) is 0.707. The number of hydrogen-bond donors (Lipinski definition) is 1. The molecule has 0 spiro atoms. The normalized spacial score (nSPS) is 12.6. The highest BCUT2D eigenvalue weighted by Gasteiger charge is 2.07. The van der Waals surface area contributed by atoms with Gasteiger partial charge in [0.05, 0.1) is 27.7 Å². The number of halogens is 1. The monoisotopic (exact) mass is 283 g/mol. The molecular weight excluding hydrogens is 270 g/mol. The number of rotatable bonds is 4. The number of benzene rings is 1. The van der Waals surface area contributed by atoms with Crippen molar-refractivity contribution in [2.24, 2.45) is 7.05 Å². The summed E-state index contributed by atoms with van der Waals surface area (Å²) >= 11 is 5.91. The molecule has 1 aromatic carbocycles. The number of anilines is 1. The Morgan fingerprint density at radius 3 is 2.89 bits per heavy atom. The first-order valence-corrected chi connectivity index (χ1v) is 7.17. The minimum Gasteiger partial charge on any atom is -0.398 e. The van der Waals surface area contributed by atoms with Crippen LogP contribution < -0.4 is 5.73 Å². The summed E-state index contributed by atoms with van der Waals surface area (Å²) < 4.78 is 13.8. The summed E-state index contributed by atoms with van der Waals surface area (Å²) in [5.41, 5.74) is 7.20. The fourth-order valence-corrected chi connectivity index (χ4v) is 2.95. The lowest BCUT2D eigenvalue weighted by Crippen LogP contribution is -2.01. The first-order chi connectivity index (χ1) is 8.56. The highest BCUT2D eigenvalue weighted by molar-refractivity contribution is 7.85. The van der Waals surface area contributed by atoms with E-state index in [9.17, 15) is 4.21 Å². The second-order valence-electron chi connectivity index (χ2n) is 4.01. The molecule has 18 heavy (non-hydrogen) atoms. The molecule has 0 saturated carbocycles. The fraction of sp³-hybridized carbons (Fsp3) is 0.250. The minimum atomic E-state index is -1.07. The maximum atomic E-state index is 12.1. The zero-order valence-corrected chi connectivity index (χ0v) is 11.5. The average Bonchev–Trinajstić information content (AvgIpc) is 2.75. The van der Waals surface area contributed by atoms with Gasteiger partial charge in [0.15, 0.2) is 0 Å². The molecule has 2 aromatic rings. The molecule has 0 fully saturated rings. The summed E-state index contributed by atoms with van der Waals surface area (Å²) in [6, 6.07) is 5.09. The first kappa shape index (κ1) is 13.1. The molecule has 0 saturated heterocycles. The van der Waals surface area contributed by atoms with Crippen molar-refractivity contribution in [3.05, 3.63) is 41.2 Å². The van der Waals surface area contributed by atoms with Gasteiger partial charge in [0.25, 0.3) is 0 Å². The quantitative estimate of drug-likeness (QED) is 0.873. The Balaban J connectivity index is 2.01. The SMILES string of the molecule is Cn1cc(CCS(=O)c2ccc(N)c(Cl)c2)cn1. The second kappa shape index (κ2) is 5.54. The summed E-state index contributed by atoms with van der Waals surface area (Å²) in [6.45, 7) is 0. The Kier molecular flexibility index (Phi) is 4.04. The van der Waals surface area contributed by atoms with Crippen LogP contribution in [0.1, 0.15) is 5.56 Å². The summed E-state index contributed by atoms with van der Waals surface area (Å²) in [7, 11) is 0.791. The van der Waals surface area contributed by atoms with Crippen LogP contribution in [0.25, 0.3) is 0 Å². The van der Waals surface area contributed by atoms with E-state index in [1.54, 1.807) is 29.1 Å². The summed E-state index contributed by atoms with van der Waals surface area (Å²) in [6.07, 6.45) is 4.43. The fourth-order valence-electron chi connectivity index (χ4n) is 1.58. The minimum absolute atomic E-state index is 0.447. The van der Waals surface area contributed by atoms with E-state index in [0.717, 1.165) is 12.0 Å². The average molecular weight is 284 g/mol. The van der Waals surface area contributed by atoms with Gasteiger partial charge in [0.2, 0.25) is 0 Å². The van der Waals surface area contributed by atoms with E-state index in [0.29, 0.717) is 21.4 Å². The number of nitrogens with zero attached hydrogens (tertiary/aromatic N) is 2. The van der Waals surface area contributed by atoms with Crippen LogP contribution in [0.3, 0.4) is 0 Å². The number of aromatic nitrogens is 2. The van der Waals surface area contributed by atoms with Gasteiger partial charge in [-0.25, -0.2) is 0 Å². The number of nitrogens with two attached hydrogens (primary N) is 1. The molecule has 1 heterocycles. The third-order valence-corrected chi connectivity index (χ3v) is 4.25. The highest BCUT2D eigenvalue weighted by Crippen LogP contribution is 2.21. The Hall–Kier alpha value is -1.33. The molecule has 0 bridgehead atoms. The predicted molar refractivity (Wildman–Crippen MR) is 74.1 cm³/mol. The lowest BCUT2D eigenvalue weighted by molar-refractivity contribution is 0.682. The van der Waals surface area contributed by atoms with Crippen LogP contribution in [0.2, 0.25) is 5.02 Å². The predicted octanol–water partition coefficient (Wildman–Crippen LogP) is 2.01. The van der Waals surface area contributed by atoms with Gasteiger partial charge in [0, 0.05) is 23.9 Å². The Bertz CT molecular complexity index is 582. The zero-order valence-electron chi connectivity index (χ0n) is 9.97. The Labute approximate surface area is 113 Å². The highest BCUT2D eigenvalue weighted by atomic mass is 35.5. The van der Waals surface area contributed by atoms with Crippen LogP contribution in [0.4, 0.5) is 5.69 Å². The van der Waals surface area contributed by atoms with Crippen molar-refractivity contribution >= 4 is 28.1 Å². The van der Waals surface area contributed by atoms with Crippen molar-refractivity contribution in [2.45, 2.75) is 11.3 Å². The topological polar surface area (TPSA) is 60.9 Å². The van der Waals surface area contributed by atoms with E-state index < -0.39 is 10.8 Å². The van der Waals surface area contributed by atoms with E-state index in [4.69, 9.17) is 17.3 Å². The third-order valence-electron chi connectivity index (χ3n) is 2.57. The van der Waals surface area contributed by atoms with E-state index in [2.05, 4.69) is 5.10 Å². The van der Waals surface area contributed by atoms with Crippen LogP contribution in [-0.4, -0.2) is 19.7 Å². The second-order valence-corrected chi connectivity index (χ2v) is 5.98. The Morgan fingerprint density at radius 2 is 2.28 bits per heavy atom. The third kappa shape index (κ3) is 3.11. The van der Waals surface area contributed by atoms with Crippen molar-refractivity contribution in [1.82, 2.24) is 9.78 Å². The van der Waals surface area contributed by atoms with Gasteiger partial charge in [0.1, 0.15) is 0 Å². The summed E-state index contributed by atoms with van der Waals surface area (Å²) in [5, 5.41) is 4.52. The van der Waals surface area contributed by atoms with Crippen molar-refractivity contribution in [2.75, 3.05) is 11.5 Å². The van der Waals surface area contributed by atoms with E-state index in [1.165, 1.54) is 0 Å². The van der Waals surface area contributed by atoms with Crippen LogP contribution >= 0.6 is 11.6 Å². The van der Waals surface area contributed by atoms with Crippen molar-refractivity contribution in [3.63, 3.8) is 0 Å². The molecule has 1 unspecified atom stereocenters. The van der Waals surface area contributed by atoms with Crippen LogP contribution in [-0.2, 0) is 24.3 Å². The zero-order chi connectivity index (χ0) is 13.1. The van der Waals surface area contributed by atoms with E-state index in [1.807, 2.05) is 13.2 Å². The maximum Gasteiger partial charge on any atom is 0.0647 e. The molecule has 0 amide bonds. The molecule has 2 rings (SSSR count). The molecule has 0 radical (unpaired) electrons. The van der Waals surface area contributed by atoms with Gasteiger partial charge in [-0.1, -0.05) is 11.6 Å². The van der Waals surface area contributed by atoms with Gasteiger partial charge in [-0.15, -0.1) is 0 Å². The molecule has 0 aliphatic carbocycles. The van der Waals surface area contributed by atoms with Gasteiger partial charge < -0.3 is 5.73 Å². The Morgan fingerprint density at radius 1 is 1.50 bits per heavy atom. The number of hydrogen-bond acceptors (Lipinski definition) is 3. The molecule has 96 valence electrons. The largest absolute Gasteiger partial charge is 0.398 e. The first-order valence-electron chi connectivity index (χ1n) is 5.47. The summed E-state index contributed by atoms with van der Waals surface area (Å²) in [5.74, 6) is 0.548. The molecule has 0 aliphatic heterocycles. The molecule has 0 aliphatic rings. The lowest BCUT2D eigenvalue weighted by Gasteiger charge is -2.03. The molecule has 2 N–H and O–H groups in total. The van der Waals surface area contributed by atoms with Crippen LogP contribution in [0.15, 0.2) is 35.5 Å². The lowest BCUT2D eigenvalue weighted by atomic mass is 10.3. The van der Waals surface area contributed by atoms with Crippen molar-refractivity contribution < 1.29 is 4.21 Å². The molecule has 1 aromatic heterocycles. The smallest absolute Gasteiger partial charge is 0.0647 e. The maximum absolute atomic E-state index is 12.1. The number of aryl methyl sites for hydroxylation is 2. The van der Waals surface area contributed by atoms with Crippen LogP contribution in [0, 0.1) is 0 Å². The molecule has 4 nitrogen and oxygen atoms in total. The van der Waals surface area contributed by atoms with Crippen LogP contribution in [0.5, 0.6) is 0 Å². The van der Waals surface area contributed by atoms with Gasteiger partial charge >= 0.3 is 0 Å². The standard InChI is InChI=1S/C12H14ClN3OS/c1-16-8-9(7-15-16)4-5-18(17)10-2-3-12(14)11(13)6-10/h2-3,6-8H,4-5,14H2,1H3. The van der Waals surface area contributed by atoms with Gasteiger partial charge in [-0.3, -0.25) is 8.89 Å². The van der Waals surface area contributed by atoms with E-state index in [-0.39, 0.29) is 0 Å². The molecule has 1 atom stereocenters. The van der Waals surface area contributed by atoms with Gasteiger partial charge in [-0.05, 0) is 30.2 Å².